The van der Waals surface area contributed by atoms with E-state index in [1.54, 1.807) is 32.4 Å². The minimum absolute atomic E-state index is 0.299. The highest BCUT2D eigenvalue weighted by molar-refractivity contribution is 5.62. The van der Waals surface area contributed by atoms with Gasteiger partial charge in [0.25, 0.3) is 0 Å². The molecule has 3 aromatic carbocycles. The van der Waals surface area contributed by atoms with Crippen molar-refractivity contribution < 1.29 is 23.7 Å². The van der Waals surface area contributed by atoms with Crippen LogP contribution in [0, 0.1) is 5.82 Å². The molecule has 38 heavy (non-hydrogen) atoms. The summed E-state index contributed by atoms with van der Waals surface area (Å²) in [6.45, 7) is 1.93. The van der Waals surface area contributed by atoms with Crippen LogP contribution in [0.2, 0.25) is 0 Å². The van der Waals surface area contributed by atoms with Crippen LogP contribution < -0.4 is 19.5 Å². The molecule has 0 fully saturated rings. The molecule has 0 bridgehead atoms. The molecule has 0 radical (unpaired) electrons. The number of hydrogen-bond acceptors (Lipinski definition) is 6. The summed E-state index contributed by atoms with van der Waals surface area (Å²) in [4.78, 5) is 2.00. The van der Waals surface area contributed by atoms with Gasteiger partial charge in [-0.25, -0.2) is 4.39 Å². The first-order valence-electron chi connectivity index (χ1n) is 13.2. The lowest BCUT2D eigenvalue weighted by molar-refractivity contribution is 0.252. The zero-order valence-corrected chi connectivity index (χ0v) is 22.9. The summed E-state index contributed by atoms with van der Waals surface area (Å²) in [6, 6.07) is 15.0. The highest BCUT2D eigenvalue weighted by Gasteiger charge is 2.24. The van der Waals surface area contributed by atoms with Gasteiger partial charge in [-0.15, -0.1) is 0 Å². The van der Waals surface area contributed by atoms with E-state index in [1.807, 2.05) is 43.3 Å². The van der Waals surface area contributed by atoms with E-state index in [0.717, 1.165) is 56.4 Å². The van der Waals surface area contributed by atoms with E-state index >= 15 is 0 Å². The van der Waals surface area contributed by atoms with Crippen molar-refractivity contribution in [1.82, 2.24) is 4.90 Å². The first kappa shape index (κ1) is 27.6. The summed E-state index contributed by atoms with van der Waals surface area (Å²) >= 11 is 0. The Morgan fingerprint density at radius 3 is 2.50 bits per heavy atom. The average Bonchev–Trinajstić information content (AvgIpc) is 2.91. The standard InChI is InChI=1S/C31H39FN2O4/c1-34(2)14-15-38-29-12-7-21(16-27(29)32)6-5-13-33-28-20-31(37-4)30(36-3)19-26(28)24-9-8-23-18-25(35)11-10-22(23)17-24/h7,10-12,16,18-20,24,33,35H,5-6,8-9,13-15,17H2,1-4H3/t24-/m1/s1. The minimum Gasteiger partial charge on any atom is -0.508 e. The van der Waals surface area contributed by atoms with Crippen molar-refractivity contribution in [2.75, 3.05) is 53.3 Å². The van der Waals surface area contributed by atoms with Crippen molar-refractivity contribution >= 4 is 5.69 Å². The first-order valence-corrected chi connectivity index (χ1v) is 13.2. The number of halogens is 1. The summed E-state index contributed by atoms with van der Waals surface area (Å²) in [6.07, 6.45) is 4.42. The Kier molecular flexibility index (Phi) is 9.34. The van der Waals surface area contributed by atoms with Gasteiger partial charge in [-0.05, 0) is 105 Å². The molecule has 0 amide bonds. The van der Waals surface area contributed by atoms with E-state index in [-0.39, 0.29) is 5.82 Å². The monoisotopic (exact) mass is 522 g/mol. The zero-order chi connectivity index (χ0) is 27.1. The summed E-state index contributed by atoms with van der Waals surface area (Å²) in [5.41, 5.74) is 5.68. The van der Waals surface area contributed by atoms with Gasteiger partial charge in [-0.2, -0.15) is 0 Å². The molecule has 1 atom stereocenters. The highest BCUT2D eigenvalue weighted by Crippen LogP contribution is 2.42. The fourth-order valence-corrected chi connectivity index (χ4v) is 5.06. The van der Waals surface area contributed by atoms with Crippen LogP contribution in [0.3, 0.4) is 0 Å². The Bertz CT molecular complexity index is 1230. The predicted molar refractivity (Wildman–Crippen MR) is 150 cm³/mol. The van der Waals surface area contributed by atoms with Crippen molar-refractivity contribution in [3.05, 3.63) is 76.6 Å². The van der Waals surface area contributed by atoms with Crippen molar-refractivity contribution in [1.29, 1.82) is 0 Å². The normalized spacial score (nSPS) is 14.7. The number of likely N-dealkylation sites (N-methyl/N-ethyl adjacent to an activating group) is 1. The Hall–Kier alpha value is -3.45. The van der Waals surface area contributed by atoms with Gasteiger partial charge in [0.15, 0.2) is 23.1 Å². The molecule has 0 aliphatic heterocycles. The number of aryl methyl sites for hydroxylation is 2. The Labute approximate surface area is 225 Å². The van der Waals surface area contributed by atoms with E-state index in [9.17, 15) is 9.50 Å². The third-order valence-corrected chi connectivity index (χ3v) is 7.16. The van der Waals surface area contributed by atoms with Crippen molar-refractivity contribution in [2.45, 2.75) is 38.0 Å². The van der Waals surface area contributed by atoms with Crippen LogP contribution in [0.4, 0.5) is 10.1 Å². The number of anilines is 1. The molecule has 7 heteroatoms. The number of nitrogens with zero attached hydrogens (tertiary/aromatic N) is 1. The molecule has 0 aromatic heterocycles. The molecule has 6 nitrogen and oxygen atoms in total. The molecule has 0 unspecified atom stereocenters. The maximum Gasteiger partial charge on any atom is 0.165 e. The zero-order valence-electron chi connectivity index (χ0n) is 22.9. The molecule has 2 N–H and O–H groups in total. The van der Waals surface area contributed by atoms with Gasteiger partial charge in [0.05, 0.1) is 14.2 Å². The molecule has 0 saturated heterocycles. The fourth-order valence-electron chi connectivity index (χ4n) is 5.06. The fraction of sp³-hybridized carbons (Fsp3) is 0.419. The molecular weight excluding hydrogens is 483 g/mol. The topological polar surface area (TPSA) is 63.2 Å². The van der Waals surface area contributed by atoms with E-state index in [0.29, 0.717) is 35.5 Å². The molecule has 1 aliphatic rings. The van der Waals surface area contributed by atoms with E-state index in [4.69, 9.17) is 14.2 Å². The molecule has 0 saturated carbocycles. The predicted octanol–water partition coefficient (Wildman–Crippen LogP) is 5.81. The third kappa shape index (κ3) is 6.90. The van der Waals surface area contributed by atoms with Crippen LogP contribution in [0.1, 0.15) is 41.0 Å². The van der Waals surface area contributed by atoms with Gasteiger partial charge in [-0.3, -0.25) is 0 Å². The van der Waals surface area contributed by atoms with Gasteiger partial charge < -0.3 is 29.5 Å². The Morgan fingerprint density at radius 1 is 0.974 bits per heavy atom. The quantitative estimate of drug-likeness (QED) is 0.293. The van der Waals surface area contributed by atoms with Gasteiger partial charge in [-0.1, -0.05) is 12.1 Å². The maximum absolute atomic E-state index is 14.5. The van der Waals surface area contributed by atoms with Crippen molar-refractivity contribution in [2.24, 2.45) is 0 Å². The van der Waals surface area contributed by atoms with E-state index in [2.05, 4.69) is 11.4 Å². The number of phenols is 1. The minimum atomic E-state index is -0.317. The number of fused-ring (bicyclic) bond motifs is 1. The molecular formula is C31H39FN2O4. The SMILES string of the molecule is COc1cc(NCCCc2ccc(OCCN(C)C)c(F)c2)c([C@@H]2CCc3cc(O)ccc3C2)cc1OC. The molecule has 0 heterocycles. The van der Waals surface area contributed by atoms with E-state index < -0.39 is 0 Å². The van der Waals surface area contributed by atoms with Gasteiger partial charge >= 0.3 is 0 Å². The molecule has 0 spiro atoms. The first-order chi connectivity index (χ1) is 18.4. The number of rotatable bonds is 12. The maximum atomic E-state index is 14.5. The Morgan fingerprint density at radius 2 is 1.76 bits per heavy atom. The lowest BCUT2D eigenvalue weighted by atomic mass is 9.79. The summed E-state index contributed by atoms with van der Waals surface area (Å²) in [5.74, 6) is 2.03. The van der Waals surface area contributed by atoms with Crippen LogP contribution in [0.5, 0.6) is 23.0 Å². The lowest BCUT2D eigenvalue weighted by Gasteiger charge is -2.28. The highest BCUT2D eigenvalue weighted by atomic mass is 19.1. The van der Waals surface area contributed by atoms with E-state index in [1.165, 1.54) is 16.7 Å². The molecule has 3 aromatic rings. The number of ether oxygens (including phenoxy) is 3. The summed E-state index contributed by atoms with van der Waals surface area (Å²) in [7, 11) is 7.23. The molecule has 204 valence electrons. The second-order valence-corrected chi connectivity index (χ2v) is 10.1. The van der Waals surface area contributed by atoms with Crippen LogP contribution in [-0.2, 0) is 19.3 Å². The largest absolute Gasteiger partial charge is 0.508 e. The van der Waals surface area contributed by atoms with Gasteiger partial charge in [0, 0.05) is 24.8 Å². The van der Waals surface area contributed by atoms with Crippen molar-refractivity contribution in [3.63, 3.8) is 0 Å². The average molecular weight is 523 g/mol. The summed E-state index contributed by atoms with van der Waals surface area (Å²) < 4.78 is 31.3. The summed E-state index contributed by atoms with van der Waals surface area (Å²) in [5, 5.41) is 13.5. The number of phenolic OH excluding ortho intramolecular Hbond substituents is 1. The number of hydrogen-bond donors (Lipinski definition) is 2. The van der Waals surface area contributed by atoms with Crippen LogP contribution in [0.25, 0.3) is 0 Å². The smallest absolute Gasteiger partial charge is 0.165 e. The molecule has 1 aliphatic carbocycles. The van der Waals surface area contributed by atoms with Crippen molar-refractivity contribution in [3.8, 4) is 23.0 Å². The number of nitrogens with one attached hydrogen (secondary N) is 1. The lowest BCUT2D eigenvalue weighted by Crippen LogP contribution is -2.19. The van der Waals surface area contributed by atoms with Gasteiger partial charge in [0.2, 0.25) is 0 Å². The van der Waals surface area contributed by atoms with Crippen LogP contribution >= 0.6 is 0 Å². The number of benzene rings is 3. The number of aromatic hydroxyl groups is 1. The second-order valence-electron chi connectivity index (χ2n) is 10.1. The second kappa shape index (κ2) is 12.9. The van der Waals surface area contributed by atoms with Gasteiger partial charge in [0.1, 0.15) is 12.4 Å². The van der Waals surface area contributed by atoms with Crippen LogP contribution in [-0.4, -0.2) is 58.0 Å². The van der Waals surface area contributed by atoms with Crippen LogP contribution in [0.15, 0.2) is 48.5 Å². The third-order valence-electron chi connectivity index (χ3n) is 7.16. The molecule has 4 rings (SSSR count). The number of methoxy groups -OCH3 is 2. The Balaban J connectivity index is 1.41.